The zero-order chi connectivity index (χ0) is 13.0. The van der Waals surface area contributed by atoms with Crippen LogP contribution in [0.4, 0.5) is 10.1 Å². The number of benzene rings is 1. The molecule has 1 aliphatic heterocycles. The molecule has 1 fully saturated rings. The van der Waals surface area contributed by atoms with Gasteiger partial charge in [0.15, 0.2) is 0 Å². The summed E-state index contributed by atoms with van der Waals surface area (Å²) < 4.78 is 19.1. The minimum atomic E-state index is -0.181. The normalized spacial score (nSPS) is 18.6. The summed E-state index contributed by atoms with van der Waals surface area (Å²) >= 11 is 0. The van der Waals surface area contributed by atoms with Gasteiger partial charge in [0.2, 0.25) is 0 Å². The highest BCUT2D eigenvalue weighted by atomic mass is 19.1. The summed E-state index contributed by atoms with van der Waals surface area (Å²) in [6, 6.07) is 6.86. The van der Waals surface area contributed by atoms with Gasteiger partial charge < -0.3 is 15.4 Å². The van der Waals surface area contributed by atoms with Gasteiger partial charge in [0.05, 0.1) is 5.69 Å². The first kappa shape index (κ1) is 13.3. The maximum absolute atomic E-state index is 13.7. The van der Waals surface area contributed by atoms with E-state index < -0.39 is 0 Å². The molecule has 0 atom stereocenters. The van der Waals surface area contributed by atoms with Crippen LogP contribution in [0.15, 0.2) is 24.3 Å². The standard InChI is InChI=1S/C14H21FN2O/c1-17(13-5-3-2-4-12(13)15)11-14(10-16)6-8-18-9-7-14/h2-5H,6-11,16H2,1H3. The van der Waals surface area contributed by atoms with Gasteiger partial charge in [0, 0.05) is 32.2 Å². The minimum absolute atomic E-state index is 0.0509. The van der Waals surface area contributed by atoms with Crippen molar-refractivity contribution in [2.24, 2.45) is 11.1 Å². The van der Waals surface area contributed by atoms with Crippen LogP contribution in [0.5, 0.6) is 0 Å². The summed E-state index contributed by atoms with van der Waals surface area (Å²) in [4.78, 5) is 1.97. The van der Waals surface area contributed by atoms with Crippen molar-refractivity contribution in [2.45, 2.75) is 12.8 Å². The van der Waals surface area contributed by atoms with Crippen molar-refractivity contribution >= 4 is 5.69 Å². The number of hydrogen-bond donors (Lipinski definition) is 1. The lowest BCUT2D eigenvalue weighted by Gasteiger charge is -2.39. The molecule has 18 heavy (non-hydrogen) atoms. The smallest absolute Gasteiger partial charge is 0.146 e. The Hall–Kier alpha value is -1.13. The molecular formula is C14H21FN2O. The summed E-state index contributed by atoms with van der Waals surface area (Å²) in [7, 11) is 1.92. The second-order valence-corrected chi connectivity index (χ2v) is 5.12. The third-order valence-corrected chi connectivity index (χ3v) is 3.82. The molecule has 4 heteroatoms. The fourth-order valence-corrected chi connectivity index (χ4v) is 2.58. The van der Waals surface area contributed by atoms with E-state index in [2.05, 4.69) is 0 Å². The van der Waals surface area contributed by atoms with Crippen LogP contribution < -0.4 is 10.6 Å². The zero-order valence-corrected chi connectivity index (χ0v) is 10.9. The molecule has 0 saturated carbocycles. The van der Waals surface area contributed by atoms with Crippen LogP contribution in [0, 0.1) is 11.2 Å². The Bertz CT molecular complexity index is 391. The molecule has 0 aromatic heterocycles. The van der Waals surface area contributed by atoms with Gasteiger partial charge in [0.25, 0.3) is 0 Å². The highest BCUT2D eigenvalue weighted by molar-refractivity contribution is 5.47. The summed E-state index contributed by atoms with van der Waals surface area (Å²) in [5, 5.41) is 0. The van der Waals surface area contributed by atoms with E-state index in [1.54, 1.807) is 12.1 Å². The molecule has 100 valence electrons. The van der Waals surface area contributed by atoms with E-state index >= 15 is 0 Å². The van der Waals surface area contributed by atoms with E-state index in [0.29, 0.717) is 12.2 Å². The molecule has 2 rings (SSSR count). The van der Waals surface area contributed by atoms with Crippen LogP contribution in [0.3, 0.4) is 0 Å². The summed E-state index contributed by atoms with van der Waals surface area (Å²) in [6.45, 7) is 2.90. The predicted molar refractivity (Wildman–Crippen MR) is 71.2 cm³/mol. The van der Waals surface area contributed by atoms with Crippen molar-refractivity contribution in [3.05, 3.63) is 30.1 Å². The first-order valence-electron chi connectivity index (χ1n) is 6.40. The van der Waals surface area contributed by atoms with Crippen LogP contribution in [0.25, 0.3) is 0 Å². The van der Waals surface area contributed by atoms with Gasteiger partial charge in [0.1, 0.15) is 5.82 Å². The fourth-order valence-electron chi connectivity index (χ4n) is 2.58. The number of nitrogens with zero attached hydrogens (tertiary/aromatic N) is 1. The molecule has 1 aromatic carbocycles. The van der Waals surface area contributed by atoms with Crippen molar-refractivity contribution in [2.75, 3.05) is 38.3 Å². The van der Waals surface area contributed by atoms with Crippen LogP contribution >= 0.6 is 0 Å². The van der Waals surface area contributed by atoms with Crippen molar-refractivity contribution in [1.82, 2.24) is 0 Å². The number of halogens is 1. The second-order valence-electron chi connectivity index (χ2n) is 5.12. The molecule has 0 aliphatic carbocycles. The lowest BCUT2D eigenvalue weighted by Crippen LogP contribution is -2.45. The Morgan fingerprint density at radius 3 is 2.61 bits per heavy atom. The van der Waals surface area contributed by atoms with Crippen LogP contribution in [-0.4, -0.2) is 33.4 Å². The van der Waals surface area contributed by atoms with Gasteiger partial charge in [-0.25, -0.2) is 4.39 Å². The van der Waals surface area contributed by atoms with Crippen molar-refractivity contribution in [1.29, 1.82) is 0 Å². The van der Waals surface area contributed by atoms with Crippen molar-refractivity contribution in [3.8, 4) is 0 Å². The number of hydrogen-bond acceptors (Lipinski definition) is 3. The van der Waals surface area contributed by atoms with Gasteiger partial charge in [-0.15, -0.1) is 0 Å². The van der Waals surface area contributed by atoms with Crippen LogP contribution in [0.2, 0.25) is 0 Å². The fraction of sp³-hybridized carbons (Fsp3) is 0.571. The van der Waals surface area contributed by atoms with Crippen LogP contribution in [-0.2, 0) is 4.74 Å². The van der Waals surface area contributed by atoms with E-state index in [9.17, 15) is 4.39 Å². The number of ether oxygens (including phenoxy) is 1. The Morgan fingerprint density at radius 1 is 1.33 bits per heavy atom. The first-order valence-corrected chi connectivity index (χ1v) is 6.40. The molecule has 1 heterocycles. The Kier molecular flexibility index (Phi) is 4.19. The third kappa shape index (κ3) is 2.82. The molecule has 0 bridgehead atoms. The highest BCUT2D eigenvalue weighted by Gasteiger charge is 2.32. The summed E-state index contributed by atoms with van der Waals surface area (Å²) in [5.74, 6) is -0.181. The number of rotatable bonds is 4. The largest absolute Gasteiger partial charge is 0.381 e. The van der Waals surface area contributed by atoms with Gasteiger partial charge in [-0.3, -0.25) is 0 Å². The second kappa shape index (κ2) is 5.67. The molecule has 1 aromatic rings. The average molecular weight is 252 g/mol. The quantitative estimate of drug-likeness (QED) is 0.891. The molecule has 0 radical (unpaired) electrons. The van der Waals surface area contributed by atoms with E-state index in [4.69, 9.17) is 10.5 Å². The molecule has 0 unspecified atom stereocenters. The minimum Gasteiger partial charge on any atom is -0.381 e. The maximum Gasteiger partial charge on any atom is 0.146 e. The summed E-state index contributed by atoms with van der Waals surface area (Å²) in [5.41, 5.74) is 6.61. The van der Waals surface area contributed by atoms with Crippen LogP contribution in [0.1, 0.15) is 12.8 Å². The number of nitrogens with two attached hydrogens (primary N) is 1. The topological polar surface area (TPSA) is 38.5 Å². The SMILES string of the molecule is CN(CC1(CN)CCOCC1)c1ccccc1F. The average Bonchev–Trinajstić information content (AvgIpc) is 2.40. The number of para-hydroxylation sites is 1. The third-order valence-electron chi connectivity index (χ3n) is 3.82. The predicted octanol–water partition coefficient (Wildman–Crippen LogP) is 2.02. The molecule has 2 N–H and O–H groups in total. The van der Waals surface area contributed by atoms with Gasteiger partial charge >= 0.3 is 0 Å². The van der Waals surface area contributed by atoms with Gasteiger partial charge in [-0.05, 0) is 31.5 Å². The maximum atomic E-state index is 13.7. The van der Waals surface area contributed by atoms with E-state index in [1.165, 1.54) is 6.07 Å². The Labute approximate surface area is 108 Å². The molecular weight excluding hydrogens is 231 g/mol. The molecule has 0 spiro atoms. The Morgan fingerprint density at radius 2 is 2.00 bits per heavy atom. The molecule has 0 amide bonds. The van der Waals surface area contributed by atoms with Gasteiger partial charge in [-0.1, -0.05) is 12.1 Å². The number of anilines is 1. The van der Waals surface area contributed by atoms with E-state index in [0.717, 1.165) is 32.6 Å². The lowest BCUT2D eigenvalue weighted by atomic mass is 9.80. The van der Waals surface area contributed by atoms with Crippen molar-refractivity contribution in [3.63, 3.8) is 0 Å². The highest BCUT2D eigenvalue weighted by Crippen LogP contribution is 2.32. The molecule has 3 nitrogen and oxygen atoms in total. The molecule has 1 aliphatic rings. The van der Waals surface area contributed by atoms with E-state index in [-0.39, 0.29) is 11.2 Å². The monoisotopic (exact) mass is 252 g/mol. The lowest BCUT2D eigenvalue weighted by molar-refractivity contribution is 0.0228. The molecule has 1 saturated heterocycles. The van der Waals surface area contributed by atoms with E-state index in [1.807, 2.05) is 18.0 Å². The van der Waals surface area contributed by atoms with Gasteiger partial charge in [-0.2, -0.15) is 0 Å². The summed E-state index contributed by atoms with van der Waals surface area (Å²) in [6.07, 6.45) is 1.89. The Balaban J connectivity index is 2.10. The van der Waals surface area contributed by atoms with Crippen molar-refractivity contribution < 1.29 is 9.13 Å². The zero-order valence-electron chi connectivity index (χ0n) is 10.9. The first-order chi connectivity index (χ1) is 8.67.